The van der Waals surface area contributed by atoms with Gasteiger partial charge in [-0.05, 0) is 50.6 Å². The second-order valence-electron chi connectivity index (χ2n) is 7.07. The number of hydrogen-bond acceptors (Lipinski definition) is 3. The summed E-state index contributed by atoms with van der Waals surface area (Å²) in [4.78, 5) is 13.2. The Labute approximate surface area is 150 Å². The summed E-state index contributed by atoms with van der Waals surface area (Å²) in [6.07, 6.45) is 4.84. The highest BCUT2D eigenvalue weighted by molar-refractivity contribution is 5.88. The second-order valence-corrected chi connectivity index (χ2v) is 7.07. The van der Waals surface area contributed by atoms with E-state index in [-0.39, 0.29) is 24.4 Å². The fraction of sp³-hybridized carbons (Fsp3) is 0.632. The van der Waals surface area contributed by atoms with Crippen LogP contribution in [0.1, 0.15) is 43.2 Å². The van der Waals surface area contributed by atoms with E-state index in [1.54, 1.807) is 0 Å². The molecule has 5 heteroatoms. The topological polar surface area (TPSA) is 64.4 Å². The molecule has 1 saturated heterocycles. The molecule has 1 aliphatic heterocycles. The Hall–Kier alpha value is -1.10. The first kappa shape index (κ1) is 19.2. The number of carbonyl (C=O) groups is 1. The minimum Gasteiger partial charge on any atom is -0.381 e. The number of aryl methyl sites for hydroxylation is 1. The molecule has 1 saturated carbocycles. The maximum absolute atomic E-state index is 13.2. The number of carbonyl (C=O) groups excluding carboxylic acids is 1. The van der Waals surface area contributed by atoms with Crippen LogP contribution in [0, 0.1) is 12.8 Å². The maximum Gasteiger partial charge on any atom is 0.231 e. The lowest BCUT2D eigenvalue weighted by Crippen LogP contribution is -2.52. The minimum atomic E-state index is -0.451. The van der Waals surface area contributed by atoms with Gasteiger partial charge < -0.3 is 15.8 Å². The molecule has 3 rings (SSSR count). The van der Waals surface area contributed by atoms with Crippen molar-refractivity contribution >= 4 is 18.3 Å². The zero-order chi connectivity index (χ0) is 16.3. The Bertz CT molecular complexity index is 541. The van der Waals surface area contributed by atoms with Crippen molar-refractivity contribution in [1.29, 1.82) is 0 Å². The van der Waals surface area contributed by atoms with E-state index in [0.717, 1.165) is 37.7 Å². The van der Waals surface area contributed by atoms with E-state index < -0.39 is 5.41 Å². The van der Waals surface area contributed by atoms with E-state index in [4.69, 9.17) is 10.5 Å². The summed E-state index contributed by atoms with van der Waals surface area (Å²) < 4.78 is 5.53. The molecule has 1 aromatic carbocycles. The number of benzene rings is 1. The molecular formula is C19H29ClN2O2. The van der Waals surface area contributed by atoms with Crippen LogP contribution in [-0.4, -0.2) is 31.7 Å². The Kier molecular flexibility index (Phi) is 6.67. The number of nitrogens with one attached hydrogen (secondary N) is 1. The largest absolute Gasteiger partial charge is 0.381 e. The number of nitrogens with two attached hydrogens (primary N) is 1. The van der Waals surface area contributed by atoms with Crippen LogP contribution in [0.3, 0.4) is 0 Å². The Balaban J connectivity index is 0.00000208. The van der Waals surface area contributed by atoms with Crippen LogP contribution in [0.4, 0.5) is 0 Å². The fourth-order valence-corrected chi connectivity index (χ4v) is 4.05. The molecular weight excluding hydrogens is 324 g/mol. The summed E-state index contributed by atoms with van der Waals surface area (Å²) >= 11 is 0. The Morgan fingerprint density at radius 3 is 2.54 bits per heavy atom. The molecule has 2 aliphatic rings. The summed E-state index contributed by atoms with van der Waals surface area (Å²) in [6.45, 7) is 4.02. The summed E-state index contributed by atoms with van der Waals surface area (Å²) in [6, 6.07) is 8.64. The lowest BCUT2D eigenvalue weighted by atomic mass is 9.73. The summed E-state index contributed by atoms with van der Waals surface area (Å²) in [5, 5.41) is 3.33. The van der Waals surface area contributed by atoms with Crippen LogP contribution in [0.15, 0.2) is 24.3 Å². The lowest BCUT2D eigenvalue weighted by molar-refractivity contribution is -0.131. The van der Waals surface area contributed by atoms with Crippen LogP contribution >= 0.6 is 12.4 Å². The van der Waals surface area contributed by atoms with Crippen molar-refractivity contribution in [2.75, 3.05) is 19.8 Å². The fourth-order valence-electron chi connectivity index (χ4n) is 4.05. The summed E-state index contributed by atoms with van der Waals surface area (Å²) in [5.74, 6) is 0.587. The summed E-state index contributed by atoms with van der Waals surface area (Å²) in [5.41, 5.74) is 7.75. The quantitative estimate of drug-likeness (QED) is 0.875. The van der Waals surface area contributed by atoms with Gasteiger partial charge >= 0.3 is 0 Å². The van der Waals surface area contributed by atoms with Gasteiger partial charge in [-0.15, -0.1) is 12.4 Å². The van der Waals surface area contributed by atoms with Gasteiger partial charge in [-0.25, -0.2) is 0 Å². The van der Waals surface area contributed by atoms with Gasteiger partial charge in [-0.3, -0.25) is 4.79 Å². The standard InChI is InChI=1S/C19H28N2O2.ClH/c1-14-5-7-16(8-6-14)19(9-11-23-12-10-19)18(22)21-17-4-2-3-15(17)13-20;/h5-8,15,17H,2-4,9-13,20H2,1H3,(H,21,22);1H. The van der Waals surface area contributed by atoms with Gasteiger partial charge in [0.15, 0.2) is 0 Å². The SMILES string of the molecule is Cc1ccc(C2(C(=O)NC3CCCC3CN)CCOCC2)cc1.Cl. The van der Waals surface area contributed by atoms with Crippen molar-refractivity contribution < 1.29 is 9.53 Å². The molecule has 2 unspecified atom stereocenters. The second kappa shape index (κ2) is 8.32. The van der Waals surface area contributed by atoms with Crippen molar-refractivity contribution in [1.82, 2.24) is 5.32 Å². The first-order valence-electron chi connectivity index (χ1n) is 8.81. The van der Waals surface area contributed by atoms with Gasteiger partial charge in [0.25, 0.3) is 0 Å². The van der Waals surface area contributed by atoms with Crippen molar-refractivity contribution in [3.05, 3.63) is 35.4 Å². The molecule has 2 atom stereocenters. The number of rotatable bonds is 4. The van der Waals surface area contributed by atoms with E-state index in [1.165, 1.54) is 5.56 Å². The molecule has 1 heterocycles. The third kappa shape index (κ3) is 3.76. The molecule has 2 fully saturated rings. The van der Waals surface area contributed by atoms with Gasteiger partial charge in [0.1, 0.15) is 0 Å². The molecule has 3 N–H and O–H groups in total. The van der Waals surface area contributed by atoms with Crippen LogP contribution in [0.25, 0.3) is 0 Å². The monoisotopic (exact) mass is 352 g/mol. The average molecular weight is 353 g/mol. The highest BCUT2D eigenvalue weighted by Crippen LogP contribution is 2.36. The molecule has 0 aromatic heterocycles. The molecule has 4 nitrogen and oxygen atoms in total. The van der Waals surface area contributed by atoms with Crippen molar-refractivity contribution in [3.63, 3.8) is 0 Å². The minimum absolute atomic E-state index is 0. The van der Waals surface area contributed by atoms with E-state index in [9.17, 15) is 4.79 Å². The highest BCUT2D eigenvalue weighted by Gasteiger charge is 2.43. The molecule has 1 aliphatic carbocycles. The first-order chi connectivity index (χ1) is 11.2. The van der Waals surface area contributed by atoms with Gasteiger partial charge in [-0.2, -0.15) is 0 Å². The molecule has 0 bridgehead atoms. The average Bonchev–Trinajstić information content (AvgIpc) is 3.03. The van der Waals surface area contributed by atoms with E-state index in [0.29, 0.717) is 25.7 Å². The highest BCUT2D eigenvalue weighted by atomic mass is 35.5. The van der Waals surface area contributed by atoms with Gasteiger partial charge in [-0.1, -0.05) is 36.2 Å². The third-order valence-corrected chi connectivity index (χ3v) is 5.66. The van der Waals surface area contributed by atoms with Gasteiger partial charge in [0.2, 0.25) is 5.91 Å². The lowest BCUT2D eigenvalue weighted by Gasteiger charge is -2.37. The number of amides is 1. The zero-order valence-electron chi connectivity index (χ0n) is 14.4. The van der Waals surface area contributed by atoms with Gasteiger partial charge in [0, 0.05) is 19.3 Å². The molecule has 24 heavy (non-hydrogen) atoms. The van der Waals surface area contributed by atoms with Crippen molar-refractivity contribution in [2.45, 2.75) is 50.5 Å². The normalized spacial score (nSPS) is 25.8. The summed E-state index contributed by atoms with van der Waals surface area (Å²) in [7, 11) is 0. The van der Waals surface area contributed by atoms with Crippen molar-refractivity contribution in [2.24, 2.45) is 11.7 Å². The number of hydrogen-bond donors (Lipinski definition) is 2. The number of halogens is 1. The van der Waals surface area contributed by atoms with E-state index in [2.05, 4.69) is 36.5 Å². The predicted molar refractivity (Wildman–Crippen MR) is 98.5 cm³/mol. The van der Waals surface area contributed by atoms with Gasteiger partial charge in [0.05, 0.1) is 5.41 Å². The third-order valence-electron chi connectivity index (χ3n) is 5.66. The zero-order valence-corrected chi connectivity index (χ0v) is 15.2. The van der Waals surface area contributed by atoms with E-state index in [1.807, 2.05) is 0 Å². The maximum atomic E-state index is 13.2. The van der Waals surface area contributed by atoms with E-state index >= 15 is 0 Å². The molecule has 0 spiro atoms. The van der Waals surface area contributed by atoms with Crippen molar-refractivity contribution in [3.8, 4) is 0 Å². The van der Waals surface area contributed by atoms with Crippen LogP contribution < -0.4 is 11.1 Å². The smallest absolute Gasteiger partial charge is 0.231 e. The first-order valence-corrected chi connectivity index (χ1v) is 8.81. The molecule has 134 valence electrons. The molecule has 1 amide bonds. The molecule has 0 radical (unpaired) electrons. The molecule has 1 aromatic rings. The predicted octanol–water partition coefficient (Wildman–Crippen LogP) is 2.71. The number of ether oxygens (including phenoxy) is 1. The van der Waals surface area contributed by atoms with Crippen LogP contribution in [0.2, 0.25) is 0 Å². The Morgan fingerprint density at radius 2 is 1.92 bits per heavy atom. The van der Waals surface area contributed by atoms with Crippen LogP contribution in [0.5, 0.6) is 0 Å². The van der Waals surface area contributed by atoms with Crippen LogP contribution in [-0.2, 0) is 14.9 Å². The Morgan fingerprint density at radius 1 is 1.25 bits per heavy atom.